The van der Waals surface area contributed by atoms with Crippen LogP contribution in [0.25, 0.3) is 0 Å². The third-order valence-corrected chi connectivity index (χ3v) is 2.54. The van der Waals surface area contributed by atoms with Crippen LogP contribution in [-0.4, -0.2) is 4.98 Å². The van der Waals surface area contributed by atoms with Crippen molar-refractivity contribution in [2.24, 2.45) is 0 Å². The average molecular weight is 218 g/mol. The second kappa shape index (κ2) is 4.32. The zero-order valence-corrected chi connectivity index (χ0v) is 9.05. The maximum Gasteiger partial charge on any atom is 0.138 e. The maximum atomic E-state index is 6.01. The van der Waals surface area contributed by atoms with Crippen LogP contribution < -0.4 is 5.32 Å². The van der Waals surface area contributed by atoms with Crippen molar-refractivity contribution in [3.05, 3.63) is 53.2 Å². The van der Waals surface area contributed by atoms with Gasteiger partial charge in [-0.1, -0.05) is 17.7 Å². The van der Waals surface area contributed by atoms with Gasteiger partial charge in [-0.3, -0.25) is 0 Å². The third kappa shape index (κ3) is 2.28. The molecule has 75 valence electrons. The fourth-order valence-corrected chi connectivity index (χ4v) is 1.44. The van der Waals surface area contributed by atoms with Gasteiger partial charge in [0.15, 0.2) is 0 Å². The predicted molar refractivity (Wildman–Crippen MR) is 62.5 cm³/mol. The van der Waals surface area contributed by atoms with Crippen LogP contribution in [0.15, 0.2) is 36.5 Å². The summed E-state index contributed by atoms with van der Waals surface area (Å²) in [6.07, 6.45) is 1.72. The molecule has 0 atom stereocenters. The quantitative estimate of drug-likeness (QED) is 0.832. The molecular formula is C12H10ClN2. The van der Waals surface area contributed by atoms with E-state index in [1.54, 1.807) is 6.20 Å². The molecule has 0 spiro atoms. The summed E-state index contributed by atoms with van der Waals surface area (Å²) >= 11 is 6.01. The van der Waals surface area contributed by atoms with Gasteiger partial charge in [0, 0.05) is 23.0 Å². The standard InChI is InChI=1S/C12H10ClN2/c1-9-10(13)5-4-6-11(9)15-12-7-2-3-8-14-12/h2-6,8H,1H3,(H,14,15). The minimum Gasteiger partial charge on any atom is -0.339 e. The largest absolute Gasteiger partial charge is 0.339 e. The van der Waals surface area contributed by atoms with Gasteiger partial charge in [-0.25, -0.2) is 4.98 Å². The van der Waals surface area contributed by atoms with Crippen LogP contribution >= 0.6 is 11.6 Å². The summed E-state index contributed by atoms with van der Waals surface area (Å²) < 4.78 is 0. The fourth-order valence-electron chi connectivity index (χ4n) is 1.26. The topological polar surface area (TPSA) is 24.9 Å². The number of rotatable bonds is 2. The highest BCUT2D eigenvalue weighted by molar-refractivity contribution is 6.31. The van der Waals surface area contributed by atoms with Crippen LogP contribution in [0.4, 0.5) is 11.5 Å². The lowest BCUT2D eigenvalue weighted by Crippen LogP contribution is -1.95. The fraction of sp³-hybridized carbons (Fsp3) is 0.0833. The normalized spacial score (nSPS) is 10.0. The highest BCUT2D eigenvalue weighted by Gasteiger charge is 2.02. The Kier molecular flexibility index (Phi) is 2.88. The zero-order valence-electron chi connectivity index (χ0n) is 8.29. The Balaban J connectivity index is 2.29. The van der Waals surface area contributed by atoms with Gasteiger partial charge in [-0.05, 0) is 36.8 Å². The monoisotopic (exact) mass is 217 g/mol. The SMILES string of the molecule is Cc1c(Cl)cccc1Nc1[c]cccn1. The van der Waals surface area contributed by atoms with Crippen molar-refractivity contribution in [2.45, 2.75) is 6.92 Å². The minimum absolute atomic E-state index is 0.697. The van der Waals surface area contributed by atoms with E-state index in [9.17, 15) is 0 Å². The van der Waals surface area contributed by atoms with Crippen LogP contribution in [0.2, 0.25) is 5.02 Å². The number of halogens is 1. The number of nitrogens with zero attached hydrogens (tertiary/aromatic N) is 1. The molecule has 0 amide bonds. The first-order valence-electron chi connectivity index (χ1n) is 4.62. The van der Waals surface area contributed by atoms with Crippen molar-refractivity contribution in [2.75, 3.05) is 5.32 Å². The molecule has 0 unspecified atom stereocenters. The number of hydrogen-bond acceptors (Lipinski definition) is 2. The Morgan fingerprint density at radius 3 is 2.93 bits per heavy atom. The van der Waals surface area contributed by atoms with Crippen molar-refractivity contribution in [3.8, 4) is 0 Å². The molecule has 1 radical (unpaired) electrons. The number of nitrogens with one attached hydrogen (secondary N) is 1. The Labute approximate surface area is 93.9 Å². The summed E-state index contributed by atoms with van der Waals surface area (Å²) in [5.41, 5.74) is 1.97. The molecule has 0 saturated heterocycles. The molecule has 2 aromatic rings. The van der Waals surface area contributed by atoms with E-state index < -0.39 is 0 Å². The van der Waals surface area contributed by atoms with Gasteiger partial charge in [0.1, 0.15) is 5.82 Å². The second-order valence-corrected chi connectivity index (χ2v) is 3.57. The van der Waals surface area contributed by atoms with Gasteiger partial charge >= 0.3 is 0 Å². The van der Waals surface area contributed by atoms with Crippen LogP contribution in [-0.2, 0) is 0 Å². The molecule has 0 fully saturated rings. The molecule has 2 rings (SSSR count). The Morgan fingerprint density at radius 2 is 2.20 bits per heavy atom. The van der Waals surface area contributed by atoms with Crippen molar-refractivity contribution < 1.29 is 0 Å². The highest BCUT2D eigenvalue weighted by Crippen LogP contribution is 2.24. The van der Waals surface area contributed by atoms with E-state index in [0.717, 1.165) is 16.3 Å². The summed E-state index contributed by atoms with van der Waals surface area (Å²) in [6.45, 7) is 1.97. The van der Waals surface area contributed by atoms with Crippen molar-refractivity contribution in [3.63, 3.8) is 0 Å². The van der Waals surface area contributed by atoms with E-state index in [0.29, 0.717) is 5.82 Å². The first-order valence-corrected chi connectivity index (χ1v) is 5.00. The molecule has 0 aliphatic heterocycles. The maximum absolute atomic E-state index is 6.01. The smallest absolute Gasteiger partial charge is 0.138 e. The number of benzene rings is 1. The van der Waals surface area contributed by atoms with Crippen LogP contribution in [0.5, 0.6) is 0 Å². The lowest BCUT2D eigenvalue weighted by atomic mass is 10.2. The molecule has 1 N–H and O–H groups in total. The lowest BCUT2D eigenvalue weighted by molar-refractivity contribution is 1.29. The lowest BCUT2D eigenvalue weighted by Gasteiger charge is -2.08. The molecule has 1 aromatic heterocycles. The number of pyridine rings is 1. The van der Waals surface area contributed by atoms with E-state index >= 15 is 0 Å². The molecule has 0 bridgehead atoms. The first kappa shape index (κ1) is 9.99. The first-order chi connectivity index (χ1) is 7.27. The molecule has 1 aromatic carbocycles. The van der Waals surface area contributed by atoms with Crippen molar-refractivity contribution in [1.82, 2.24) is 4.98 Å². The zero-order chi connectivity index (χ0) is 10.7. The van der Waals surface area contributed by atoms with Crippen LogP contribution in [0.3, 0.4) is 0 Å². The number of hydrogen-bond donors (Lipinski definition) is 1. The highest BCUT2D eigenvalue weighted by atomic mass is 35.5. The Hall–Kier alpha value is -1.54. The molecule has 0 aliphatic rings. The van der Waals surface area contributed by atoms with Gasteiger partial charge in [-0.2, -0.15) is 0 Å². The Bertz CT molecular complexity index is 454. The molecule has 1 heterocycles. The van der Waals surface area contributed by atoms with E-state index in [1.807, 2.05) is 37.3 Å². The van der Waals surface area contributed by atoms with E-state index in [-0.39, 0.29) is 0 Å². The summed E-state index contributed by atoms with van der Waals surface area (Å²) in [5, 5.41) is 3.91. The molecule has 0 aliphatic carbocycles. The Morgan fingerprint density at radius 1 is 1.33 bits per heavy atom. The molecule has 2 nitrogen and oxygen atoms in total. The van der Waals surface area contributed by atoms with Crippen LogP contribution in [0, 0.1) is 13.0 Å². The van der Waals surface area contributed by atoms with Gasteiger partial charge < -0.3 is 5.32 Å². The molecule has 0 saturated carbocycles. The minimum atomic E-state index is 0.697. The van der Waals surface area contributed by atoms with Crippen molar-refractivity contribution in [1.29, 1.82) is 0 Å². The van der Waals surface area contributed by atoms with Crippen LogP contribution in [0.1, 0.15) is 5.56 Å². The summed E-state index contributed by atoms with van der Waals surface area (Å²) in [4.78, 5) is 4.14. The summed E-state index contributed by atoms with van der Waals surface area (Å²) in [5.74, 6) is 0.697. The molecule has 3 heteroatoms. The van der Waals surface area contributed by atoms with Gasteiger partial charge in [0.25, 0.3) is 0 Å². The number of aromatic nitrogens is 1. The van der Waals surface area contributed by atoms with E-state index in [2.05, 4.69) is 16.4 Å². The molecule has 15 heavy (non-hydrogen) atoms. The molecular weight excluding hydrogens is 208 g/mol. The third-order valence-electron chi connectivity index (χ3n) is 2.13. The summed E-state index contributed by atoms with van der Waals surface area (Å²) in [6, 6.07) is 12.4. The van der Waals surface area contributed by atoms with Gasteiger partial charge in [0.05, 0.1) is 0 Å². The second-order valence-electron chi connectivity index (χ2n) is 3.17. The predicted octanol–water partition coefficient (Wildman–Crippen LogP) is 3.59. The number of anilines is 2. The average Bonchev–Trinajstić information content (AvgIpc) is 2.26. The van der Waals surface area contributed by atoms with E-state index in [4.69, 9.17) is 11.6 Å². The van der Waals surface area contributed by atoms with Gasteiger partial charge in [-0.15, -0.1) is 0 Å². The van der Waals surface area contributed by atoms with Crippen molar-refractivity contribution >= 4 is 23.1 Å². The van der Waals surface area contributed by atoms with Gasteiger partial charge in [0.2, 0.25) is 0 Å². The summed E-state index contributed by atoms with van der Waals surface area (Å²) in [7, 11) is 0. The van der Waals surface area contributed by atoms with E-state index in [1.165, 1.54) is 0 Å².